The molecule has 1 N–H and O–H groups in total. The van der Waals surface area contributed by atoms with E-state index in [0.29, 0.717) is 30.6 Å². The number of carbonyl (C=O) groups is 1. The first kappa shape index (κ1) is 14.8. The van der Waals surface area contributed by atoms with Gasteiger partial charge in [-0.15, -0.1) is 0 Å². The second-order valence-electron chi connectivity index (χ2n) is 5.25. The molecule has 0 aromatic carbocycles. The van der Waals surface area contributed by atoms with E-state index in [-0.39, 0.29) is 5.91 Å². The summed E-state index contributed by atoms with van der Waals surface area (Å²) in [4.78, 5) is 22.5. The quantitative estimate of drug-likeness (QED) is 0.898. The zero-order valence-electron chi connectivity index (χ0n) is 12.4. The maximum absolute atomic E-state index is 12.1. The van der Waals surface area contributed by atoms with E-state index in [1.165, 1.54) is 32.1 Å². The molecule has 0 unspecified atom stereocenters. The van der Waals surface area contributed by atoms with Gasteiger partial charge in [-0.25, -0.2) is 9.97 Å². The molecule has 1 fully saturated rings. The Morgan fingerprint density at radius 3 is 2.35 bits per heavy atom. The molecule has 1 amide bonds. The highest BCUT2D eigenvalue weighted by atomic mass is 16.2. The largest absolute Gasteiger partial charge is 0.351 e. The molecule has 1 aliphatic carbocycles. The molecule has 110 valence electrons. The summed E-state index contributed by atoms with van der Waals surface area (Å²) in [6.45, 7) is 5.36. The topological polar surface area (TPSA) is 58.1 Å². The van der Waals surface area contributed by atoms with E-state index < -0.39 is 0 Å². The van der Waals surface area contributed by atoms with Crippen molar-refractivity contribution >= 4 is 11.9 Å². The van der Waals surface area contributed by atoms with Crippen LogP contribution >= 0.6 is 0 Å². The van der Waals surface area contributed by atoms with E-state index in [2.05, 4.69) is 15.3 Å². The van der Waals surface area contributed by atoms with Gasteiger partial charge in [0, 0.05) is 31.5 Å². The van der Waals surface area contributed by atoms with Crippen molar-refractivity contribution < 1.29 is 4.79 Å². The van der Waals surface area contributed by atoms with Gasteiger partial charge in [-0.05, 0) is 26.7 Å². The maximum atomic E-state index is 12.1. The van der Waals surface area contributed by atoms with Crippen LogP contribution in [0.15, 0.2) is 12.4 Å². The number of hydrogen-bond acceptors (Lipinski definition) is 4. The van der Waals surface area contributed by atoms with Crippen LogP contribution in [-0.2, 0) is 0 Å². The van der Waals surface area contributed by atoms with Crippen molar-refractivity contribution in [2.45, 2.75) is 52.0 Å². The van der Waals surface area contributed by atoms with Gasteiger partial charge in [0.2, 0.25) is 5.95 Å². The molecule has 1 heterocycles. The molecule has 2 rings (SSSR count). The van der Waals surface area contributed by atoms with Crippen molar-refractivity contribution in [3.63, 3.8) is 0 Å². The Kier molecular flexibility index (Phi) is 5.32. The number of aromatic nitrogens is 2. The third-order valence-electron chi connectivity index (χ3n) is 3.89. The summed E-state index contributed by atoms with van der Waals surface area (Å²) in [5.41, 5.74) is 0.558. The van der Waals surface area contributed by atoms with Gasteiger partial charge in [-0.2, -0.15) is 0 Å². The van der Waals surface area contributed by atoms with Crippen molar-refractivity contribution in [3.8, 4) is 0 Å². The van der Waals surface area contributed by atoms with Crippen LogP contribution in [0.2, 0.25) is 0 Å². The molecule has 0 aliphatic heterocycles. The number of hydrogen-bond donors (Lipinski definition) is 1. The summed E-state index contributed by atoms with van der Waals surface area (Å²) in [5, 5.41) is 3.36. The lowest BCUT2D eigenvalue weighted by atomic mass is 9.96. The van der Waals surface area contributed by atoms with Gasteiger partial charge >= 0.3 is 0 Å². The monoisotopic (exact) mass is 276 g/mol. The summed E-state index contributed by atoms with van der Waals surface area (Å²) in [6.07, 6.45) is 9.49. The van der Waals surface area contributed by atoms with Crippen molar-refractivity contribution in [2.75, 3.05) is 18.4 Å². The van der Waals surface area contributed by atoms with E-state index in [1.54, 1.807) is 17.3 Å². The first-order chi connectivity index (χ1) is 9.74. The number of carbonyl (C=O) groups excluding carboxylic acids is 1. The summed E-state index contributed by atoms with van der Waals surface area (Å²) in [5.74, 6) is 0.632. The predicted molar refractivity (Wildman–Crippen MR) is 79.8 cm³/mol. The van der Waals surface area contributed by atoms with Crippen LogP contribution in [0.5, 0.6) is 0 Å². The van der Waals surface area contributed by atoms with Gasteiger partial charge in [0.25, 0.3) is 5.91 Å². The minimum Gasteiger partial charge on any atom is -0.351 e. The third-order valence-corrected chi connectivity index (χ3v) is 3.89. The molecule has 0 atom stereocenters. The van der Waals surface area contributed by atoms with Crippen LogP contribution in [0.3, 0.4) is 0 Å². The normalized spacial score (nSPS) is 15.9. The Balaban J connectivity index is 1.96. The van der Waals surface area contributed by atoms with Gasteiger partial charge < -0.3 is 10.2 Å². The Bertz CT molecular complexity index is 422. The molecule has 5 nitrogen and oxygen atoms in total. The molecule has 0 saturated heterocycles. The first-order valence-electron chi connectivity index (χ1n) is 7.62. The average molecular weight is 276 g/mol. The smallest absolute Gasteiger partial charge is 0.256 e. The average Bonchev–Trinajstić information content (AvgIpc) is 2.50. The van der Waals surface area contributed by atoms with E-state index in [1.807, 2.05) is 13.8 Å². The molecule has 5 heteroatoms. The number of amides is 1. The maximum Gasteiger partial charge on any atom is 0.256 e. The fourth-order valence-electron chi connectivity index (χ4n) is 2.64. The lowest BCUT2D eigenvalue weighted by Crippen LogP contribution is -2.30. The van der Waals surface area contributed by atoms with Gasteiger partial charge in [0.15, 0.2) is 0 Å². The zero-order valence-corrected chi connectivity index (χ0v) is 12.4. The van der Waals surface area contributed by atoms with Gasteiger partial charge in [-0.1, -0.05) is 19.3 Å². The van der Waals surface area contributed by atoms with Gasteiger partial charge in [-0.3, -0.25) is 4.79 Å². The zero-order chi connectivity index (χ0) is 14.4. The molecule has 1 saturated carbocycles. The second-order valence-corrected chi connectivity index (χ2v) is 5.25. The van der Waals surface area contributed by atoms with Gasteiger partial charge in [0.05, 0.1) is 5.56 Å². The number of rotatable bonds is 5. The summed E-state index contributed by atoms with van der Waals surface area (Å²) < 4.78 is 0. The second kappa shape index (κ2) is 7.22. The Morgan fingerprint density at radius 2 is 1.80 bits per heavy atom. The van der Waals surface area contributed by atoms with E-state index in [0.717, 1.165) is 0 Å². The van der Waals surface area contributed by atoms with Crippen molar-refractivity contribution in [1.29, 1.82) is 0 Å². The highest BCUT2D eigenvalue weighted by Crippen LogP contribution is 2.20. The van der Waals surface area contributed by atoms with Crippen LogP contribution in [-0.4, -0.2) is 39.9 Å². The van der Waals surface area contributed by atoms with E-state index in [4.69, 9.17) is 0 Å². The molecule has 1 aromatic rings. The summed E-state index contributed by atoms with van der Waals surface area (Å²) >= 11 is 0. The molecule has 0 bridgehead atoms. The minimum absolute atomic E-state index is 0.000726. The number of nitrogens with one attached hydrogen (secondary N) is 1. The van der Waals surface area contributed by atoms with E-state index in [9.17, 15) is 4.79 Å². The van der Waals surface area contributed by atoms with Crippen molar-refractivity contribution in [2.24, 2.45) is 0 Å². The molecule has 0 radical (unpaired) electrons. The van der Waals surface area contributed by atoms with Crippen molar-refractivity contribution in [1.82, 2.24) is 14.9 Å². The molecule has 1 aliphatic rings. The van der Waals surface area contributed by atoms with Crippen LogP contribution in [0.25, 0.3) is 0 Å². The summed E-state index contributed by atoms with van der Waals surface area (Å²) in [7, 11) is 0. The number of nitrogens with zero attached hydrogens (tertiary/aromatic N) is 3. The molecule has 0 spiro atoms. The van der Waals surface area contributed by atoms with Crippen molar-refractivity contribution in [3.05, 3.63) is 18.0 Å². The standard InChI is InChI=1S/C15H24N4O/c1-3-19(4-2)14(20)12-10-16-15(17-11-12)18-13-8-6-5-7-9-13/h10-11,13H,3-9H2,1-2H3,(H,16,17,18). The van der Waals surface area contributed by atoms with Crippen LogP contribution in [0, 0.1) is 0 Å². The minimum atomic E-state index is -0.000726. The Hall–Kier alpha value is -1.65. The number of anilines is 1. The third kappa shape index (κ3) is 3.68. The van der Waals surface area contributed by atoms with Gasteiger partial charge in [0.1, 0.15) is 0 Å². The molecule has 1 aromatic heterocycles. The van der Waals surface area contributed by atoms with E-state index >= 15 is 0 Å². The predicted octanol–water partition coefficient (Wildman–Crippen LogP) is 2.70. The SMILES string of the molecule is CCN(CC)C(=O)c1cnc(NC2CCCCC2)nc1. The van der Waals surface area contributed by atoms with Crippen LogP contribution in [0.1, 0.15) is 56.3 Å². The fraction of sp³-hybridized carbons (Fsp3) is 0.667. The highest BCUT2D eigenvalue weighted by Gasteiger charge is 2.16. The molecular weight excluding hydrogens is 252 g/mol. The lowest BCUT2D eigenvalue weighted by molar-refractivity contribution is 0.0772. The first-order valence-corrected chi connectivity index (χ1v) is 7.62. The highest BCUT2D eigenvalue weighted by molar-refractivity contribution is 5.93. The fourth-order valence-corrected chi connectivity index (χ4v) is 2.64. The molecule has 20 heavy (non-hydrogen) atoms. The Morgan fingerprint density at radius 1 is 1.20 bits per heavy atom. The van der Waals surface area contributed by atoms with Crippen LogP contribution < -0.4 is 5.32 Å². The lowest BCUT2D eigenvalue weighted by Gasteiger charge is -2.22. The molecular formula is C15H24N4O. The van der Waals surface area contributed by atoms with Crippen LogP contribution in [0.4, 0.5) is 5.95 Å². The summed E-state index contributed by atoms with van der Waals surface area (Å²) in [6, 6.07) is 0.480. The Labute approximate surface area is 120 Å².